The maximum absolute atomic E-state index is 12.7. The van der Waals surface area contributed by atoms with Gasteiger partial charge in [0.05, 0.1) is 5.56 Å². The van der Waals surface area contributed by atoms with E-state index < -0.39 is 0 Å². The summed E-state index contributed by atoms with van der Waals surface area (Å²) < 4.78 is 1.00. The van der Waals surface area contributed by atoms with Crippen molar-refractivity contribution in [2.45, 2.75) is 6.92 Å². The smallest absolute Gasteiger partial charge is 0.261 e. The Balaban J connectivity index is 1.74. The highest BCUT2D eigenvalue weighted by molar-refractivity contribution is 9.10. The molecule has 0 saturated carbocycles. The van der Waals surface area contributed by atoms with Crippen LogP contribution in [0.25, 0.3) is 0 Å². The van der Waals surface area contributed by atoms with E-state index in [9.17, 15) is 4.79 Å². The highest BCUT2D eigenvalue weighted by atomic mass is 79.9. The molecule has 1 amide bonds. The summed E-state index contributed by atoms with van der Waals surface area (Å²) in [6.45, 7) is 2.51. The fraction of sp³-hybridized carbons (Fsp3) is 0.105. The molecule has 126 valence electrons. The molecule has 0 aliphatic rings. The molecule has 5 nitrogen and oxygen atoms in total. The quantitative estimate of drug-likeness (QED) is 0.681. The average molecular weight is 397 g/mol. The molecule has 2 aromatic carbocycles. The van der Waals surface area contributed by atoms with Crippen LogP contribution in [0.1, 0.15) is 17.3 Å². The molecule has 0 radical (unpaired) electrons. The molecule has 1 aromatic heterocycles. The molecule has 0 unspecified atom stereocenters. The van der Waals surface area contributed by atoms with Gasteiger partial charge in [0.2, 0.25) is 5.95 Å². The van der Waals surface area contributed by atoms with Crippen molar-refractivity contribution in [2.75, 3.05) is 16.8 Å². The predicted octanol–water partition coefficient (Wildman–Crippen LogP) is 4.65. The van der Waals surface area contributed by atoms with E-state index in [0.29, 0.717) is 18.1 Å². The molecule has 1 heterocycles. The van der Waals surface area contributed by atoms with Gasteiger partial charge in [0.1, 0.15) is 0 Å². The number of para-hydroxylation sites is 1. The van der Waals surface area contributed by atoms with E-state index in [1.54, 1.807) is 17.3 Å². The van der Waals surface area contributed by atoms with E-state index in [2.05, 4.69) is 31.2 Å². The number of aromatic nitrogens is 2. The van der Waals surface area contributed by atoms with Crippen molar-refractivity contribution < 1.29 is 4.79 Å². The van der Waals surface area contributed by atoms with Gasteiger partial charge >= 0.3 is 0 Å². The van der Waals surface area contributed by atoms with Crippen molar-refractivity contribution in [3.8, 4) is 0 Å². The summed E-state index contributed by atoms with van der Waals surface area (Å²) in [5, 5.41) is 3.10. The Morgan fingerprint density at radius 2 is 1.68 bits per heavy atom. The second-order valence-corrected chi connectivity index (χ2v) is 6.23. The molecule has 25 heavy (non-hydrogen) atoms. The lowest BCUT2D eigenvalue weighted by molar-refractivity contribution is 0.0987. The van der Waals surface area contributed by atoms with E-state index >= 15 is 0 Å². The van der Waals surface area contributed by atoms with Gasteiger partial charge in [-0.1, -0.05) is 34.1 Å². The third-order valence-corrected chi connectivity index (χ3v) is 4.16. The first-order valence-electron chi connectivity index (χ1n) is 7.89. The van der Waals surface area contributed by atoms with E-state index in [4.69, 9.17) is 0 Å². The Morgan fingerprint density at radius 1 is 1.04 bits per heavy atom. The van der Waals surface area contributed by atoms with Crippen molar-refractivity contribution in [2.24, 2.45) is 0 Å². The average Bonchev–Trinajstić information content (AvgIpc) is 2.66. The maximum atomic E-state index is 12.7. The molecule has 0 atom stereocenters. The van der Waals surface area contributed by atoms with E-state index in [1.165, 1.54) is 0 Å². The number of hydrogen-bond acceptors (Lipinski definition) is 4. The summed E-state index contributed by atoms with van der Waals surface area (Å²) in [6.07, 6.45) is 3.09. The van der Waals surface area contributed by atoms with Crippen LogP contribution in [-0.2, 0) is 0 Å². The van der Waals surface area contributed by atoms with Crippen LogP contribution in [0.15, 0.2) is 71.5 Å². The second-order valence-electron chi connectivity index (χ2n) is 5.31. The zero-order chi connectivity index (χ0) is 17.6. The number of carbonyl (C=O) groups excluding carboxylic acids is 1. The molecule has 6 heteroatoms. The normalized spacial score (nSPS) is 10.3. The molecule has 0 aliphatic heterocycles. The third-order valence-electron chi connectivity index (χ3n) is 3.63. The van der Waals surface area contributed by atoms with Crippen LogP contribution in [0.5, 0.6) is 0 Å². The number of nitrogens with zero attached hydrogens (tertiary/aromatic N) is 3. The fourth-order valence-electron chi connectivity index (χ4n) is 2.37. The molecule has 0 fully saturated rings. The number of hydrogen-bond donors (Lipinski definition) is 1. The lowest BCUT2D eigenvalue weighted by Gasteiger charge is -2.20. The zero-order valence-electron chi connectivity index (χ0n) is 13.7. The Bertz CT molecular complexity index is 836. The van der Waals surface area contributed by atoms with Crippen molar-refractivity contribution in [1.29, 1.82) is 0 Å². The molecular weight excluding hydrogens is 380 g/mol. The summed E-state index contributed by atoms with van der Waals surface area (Å²) in [5.41, 5.74) is 2.18. The summed E-state index contributed by atoms with van der Waals surface area (Å²) in [4.78, 5) is 22.9. The highest BCUT2D eigenvalue weighted by Crippen LogP contribution is 2.18. The van der Waals surface area contributed by atoms with Gasteiger partial charge in [0.25, 0.3) is 5.91 Å². The van der Waals surface area contributed by atoms with Crippen molar-refractivity contribution in [1.82, 2.24) is 9.97 Å². The summed E-state index contributed by atoms with van der Waals surface area (Å²) in [7, 11) is 0. The summed E-state index contributed by atoms with van der Waals surface area (Å²) >= 11 is 3.39. The van der Waals surface area contributed by atoms with Gasteiger partial charge in [-0.3, -0.25) is 4.79 Å². The van der Waals surface area contributed by atoms with Crippen LogP contribution < -0.4 is 10.2 Å². The van der Waals surface area contributed by atoms with Crippen LogP contribution in [0, 0.1) is 0 Å². The molecule has 0 spiro atoms. The molecular formula is C19H17BrN4O. The standard InChI is InChI=1S/C19H17BrN4O/c1-2-24(17-6-4-3-5-7-17)18(25)14-12-21-19(22-13-14)23-16-10-8-15(20)9-11-16/h3-13H,2H2,1H3,(H,21,22,23). The Morgan fingerprint density at radius 3 is 2.28 bits per heavy atom. The number of halogens is 1. The van der Waals surface area contributed by atoms with Crippen molar-refractivity contribution in [3.63, 3.8) is 0 Å². The zero-order valence-corrected chi connectivity index (χ0v) is 15.3. The first kappa shape index (κ1) is 17.1. The third kappa shape index (κ3) is 4.22. The largest absolute Gasteiger partial charge is 0.324 e. The van der Waals surface area contributed by atoms with E-state index in [-0.39, 0.29) is 5.91 Å². The SMILES string of the molecule is CCN(C(=O)c1cnc(Nc2ccc(Br)cc2)nc1)c1ccccc1. The number of amides is 1. The van der Waals surface area contributed by atoms with Crippen molar-refractivity contribution >= 4 is 39.2 Å². The Kier molecular flexibility index (Phi) is 5.40. The van der Waals surface area contributed by atoms with Gasteiger partial charge in [0.15, 0.2) is 0 Å². The number of anilines is 3. The number of nitrogens with one attached hydrogen (secondary N) is 1. The molecule has 3 aromatic rings. The molecule has 0 aliphatic carbocycles. The van der Waals surface area contributed by atoms with E-state index in [0.717, 1.165) is 15.8 Å². The van der Waals surface area contributed by atoms with E-state index in [1.807, 2.05) is 61.5 Å². The Labute approximate surface area is 154 Å². The van der Waals surface area contributed by atoms with Crippen molar-refractivity contribution in [3.05, 3.63) is 77.0 Å². The van der Waals surface area contributed by atoms with Gasteiger partial charge in [-0.05, 0) is 43.3 Å². The lowest BCUT2D eigenvalue weighted by Crippen LogP contribution is -2.30. The predicted molar refractivity (Wildman–Crippen MR) is 103 cm³/mol. The minimum absolute atomic E-state index is 0.121. The number of rotatable bonds is 5. The maximum Gasteiger partial charge on any atom is 0.261 e. The van der Waals surface area contributed by atoms with Crippen LogP contribution in [-0.4, -0.2) is 22.4 Å². The van der Waals surface area contributed by atoms with Gasteiger partial charge in [-0.25, -0.2) is 9.97 Å². The molecule has 0 saturated heterocycles. The number of benzene rings is 2. The van der Waals surface area contributed by atoms with Gasteiger partial charge < -0.3 is 10.2 Å². The Hall–Kier alpha value is -2.73. The molecule has 0 bridgehead atoms. The highest BCUT2D eigenvalue weighted by Gasteiger charge is 2.16. The van der Waals surface area contributed by atoms with Crippen LogP contribution in [0.4, 0.5) is 17.3 Å². The first-order chi connectivity index (χ1) is 12.2. The van der Waals surface area contributed by atoms with Gasteiger partial charge in [-0.2, -0.15) is 0 Å². The molecule has 3 rings (SSSR count). The lowest BCUT2D eigenvalue weighted by atomic mass is 10.2. The first-order valence-corrected chi connectivity index (χ1v) is 8.68. The second kappa shape index (κ2) is 7.90. The number of carbonyl (C=O) groups is 1. The summed E-state index contributed by atoms with van der Waals surface area (Å²) in [6, 6.07) is 17.3. The van der Waals surface area contributed by atoms with Gasteiger partial charge in [-0.15, -0.1) is 0 Å². The monoisotopic (exact) mass is 396 g/mol. The minimum atomic E-state index is -0.121. The molecule has 1 N–H and O–H groups in total. The van der Waals surface area contributed by atoms with Gasteiger partial charge in [0, 0.05) is 34.8 Å². The fourth-order valence-corrected chi connectivity index (χ4v) is 2.64. The van der Waals surface area contributed by atoms with Crippen LogP contribution in [0.3, 0.4) is 0 Å². The minimum Gasteiger partial charge on any atom is -0.324 e. The van der Waals surface area contributed by atoms with Crippen LogP contribution in [0.2, 0.25) is 0 Å². The van der Waals surface area contributed by atoms with Crippen LogP contribution >= 0.6 is 15.9 Å². The summed E-state index contributed by atoms with van der Waals surface area (Å²) in [5.74, 6) is 0.325. The topological polar surface area (TPSA) is 58.1 Å².